The number of ether oxygens (including phenoxy) is 1. The molecule has 0 atom stereocenters. The second-order valence-electron chi connectivity index (χ2n) is 6.36. The number of hydrogen-bond donors (Lipinski definition) is 1. The van der Waals surface area contributed by atoms with Crippen LogP contribution in [0, 0.1) is 19.8 Å². The van der Waals surface area contributed by atoms with Gasteiger partial charge in [0.25, 0.3) is 5.91 Å². The summed E-state index contributed by atoms with van der Waals surface area (Å²) in [6, 6.07) is 13.4. The molecule has 2 aromatic carbocycles. The third-order valence-electron chi connectivity index (χ3n) is 3.56. The Balaban J connectivity index is 2.12. The molecule has 0 aliphatic rings. The predicted octanol–water partition coefficient (Wildman–Crippen LogP) is 4.98. The van der Waals surface area contributed by atoms with Crippen molar-refractivity contribution in [3.8, 4) is 5.75 Å². The maximum absolute atomic E-state index is 12.6. The zero-order valence-corrected chi connectivity index (χ0v) is 14.3. The standard InChI is InChI=1S/C20H25NO2/c1-14(2)9-10-23-19-8-6-5-7-18(19)20(22)21-17-12-15(3)11-16(4)13-17/h5-8,11-14H,9-10H2,1-4H3,(H,21,22). The number of rotatable bonds is 6. The Morgan fingerprint density at radius 1 is 1.09 bits per heavy atom. The molecule has 0 fully saturated rings. The van der Waals surface area contributed by atoms with Crippen molar-refractivity contribution in [2.45, 2.75) is 34.1 Å². The quantitative estimate of drug-likeness (QED) is 0.817. The van der Waals surface area contributed by atoms with Crippen molar-refractivity contribution in [1.82, 2.24) is 0 Å². The SMILES string of the molecule is Cc1cc(C)cc(NC(=O)c2ccccc2OCCC(C)C)c1. The second-order valence-corrected chi connectivity index (χ2v) is 6.36. The number of nitrogens with one attached hydrogen (secondary N) is 1. The number of carbonyl (C=O) groups excluding carboxylic acids is 1. The Morgan fingerprint density at radius 3 is 2.39 bits per heavy atom. The van der Waals surface area contributed by atoms with E-state index in [1.807, 2.05) is 44.2 Å². The van der Waals surface area contributed by atoms with Gasteiger partial charge in [0.15, 0.2) is 0 Å². The average molecular weight is 311 g/mol. The van der Waals surface area contributed by atoms with Gasteiger partial charge in [-0.05, 0) is 61.6 Å². The highest BCUT2D eigenvalue weighted by atomic mass is 16.5. The Kier molecular flexibility index (Phi) is 5.80. The molecule has 0 aliphatic heterocycles. The van der Waals surface area contributed by atoms with Crippen LogP contribution in [-0.4, -0.2) is 12.5 Å². The highest BCUT2D eigenvalue weighted by Crippen LogP contribution is 2.21. The van der Waals surface area contributed by atoms with Crippen molar-refractivity contribution in [3.05, 3.63) is 59.2 Å². The van der Waals surface area contributed by atoms with E-state index in [0.29, 0.717) is 23.8 Å². The first-order chi connectivity index (χ1) is 11.0. The van der Waals surface area contributed by atoms with Crippen LogP contribution >= 0.6 is 0 Å². The van der Waals surface area contributed by atoms with Crippen molar-refractivity contribution in [2.75, 3.05) is 11.9 Å². The number of para-hydroxylation sites is 1. The molecule has 1 amide bonds. The van der Waals surface area contributed by atoms with E-state index in [4.69, 9.17) is 4.74 Å². The Labute approximate surface area is 138 Å². The van der Waals surface area contributed by atoms with Crippen LogP contribution in [0.3, 0.4) is 0 Å². The third kappa shape index (κ3) is 5.13. The third-order valence-corrected chi connectivity index (χ3v) is 3.56. The van der Waals surface area contributed by atoms with Crippen molar-refractivity contribution in [3.63, 3.8) is 0 Å². The van der Waals surface area contributed by atoms with E-state index < -0.39 is 0 Å². The minimum Gasteiger partial charge on any atom is -0.493 e. The molecule has 0 saturated carbocycles. The number of benzene rings is 2. The molecule has 122 valence electrons. The van der Waals surface area contributed by atoms with E-state index in [1.54, 1.807) is 6.07 Å². The smallest absolute Gasteiger partial charge is 0.259 e. The van der Waals surface area contributed by atoms with Crippen LogP contribution in [0.5, 0.6) is 5.75 Å². The number of amides is 1. The highest BCUT2D eigenvalue weighted by Gasteiger charge is 2.12. The number of anilines is 1. The lowest BCUT2D eigenvalue weighted by molar-refractivity contribution is 0.102. The fourth-order valence-electron chi connectivity index (χ4n) is 2.43. The summed E-state index contributed by atoms with van der Waals surface area (Å²) in [5.41, 5.74) is 3.63. The summed E-state index contributed by atoms with van der Waals surface area (Å²) in [4.78, 5) is 12.6. The maximum Gasteiger partial charge on any atom is 0.259 e. The first-order valence-electron chi connectivity index (χ1n) is 8.07. The normalized spacial score (nSPS) is 10.7. The monoisotopic (exact) mass is 311 g/mol. The first-order valence-corrected chi connectivity index (χ1v) is 8.07. The molecule has 0 saturated heterocycles. The van der Waals surface area contributed by atoms with Crippen molar-refractivity contribution >= 4 is 11.6 Å². The summed E-state index contributed by atoms with van der Waals surface area (Å²) < 4.78 is 5.79. The predicted molar refractivity (Wildman–Crippen MR) is 95.3 cm³/mol. The van der Waals surface area contributed by atoms with Crippen LogP contribution in [0.2, 0.25) is 0 Å². The van der Waals surface area contributed by atoms with Crippen LogP contribution < -0.4 is 10.1 Å². The molecule has 0 radical (unpaired) electrons. The van der Waals surface area contributed by atoms with Crippen LogP contribution in [0.15, 0.2) is 42.5 Å². The van der Waals surface area contributed by atoms with Gasteiger partial charge in [-0.1, -0.05) is 32.0 Å². The number of hydrogen-bond acceptors (Lipinski definition) is 2. The zero-order valence-electron chi connectivity index (χ0n) is 14.3. The van der Waals surface area contributed by atoms with Gasteiger partial charge in [0, 0.05) is 5.69 Å². The summed E-state index contributed by atoms with van der Waals surface area (Å²) in [5.74, 6) is 1.07. The molecule has 1 N–H and O–H groups in total. The molecule has 0 aliphatic carbocycles. The molecule has 23 heavy (non-hydrogen) atoms. The summed E-state index contributed by atoms with van der Waals surface area (Å²) in [5, 5.41) is 2.96. The lowest BCUT2D eigenvalue weighted by atomic mass is 10.1. The molecule has 0 aromatic heterocycles. The molecule has 0 bridgehead atoms. The summed E-state index contributed by atoms with van der Waals surface area (Å²) in [7, 11) is 0. The largest absolute Gasteiger partial charge is 0.493 e. The molecular formula is C20H25NO2. The molecule has 0 heterocycles. The molecule has 2 rings (SSSR count). The Morgan fingerprint density at radius 2 is 1.74 bits per heavy atom. The molecule has 3 nitrogen and oxygen atoms in total. The van der Waals surface area contributed by atoms with Gasteiger partial charge in [-0.15, -0.1) is 0 Å². The fourth-order valence-corrected chi connectivity index (χ4v) is 2.43. The van der Waals surface area contributed by atoms with E-state index in [2.05, 4.69) is 25.2 Å². The van der Waals surface area contributed by atoms with Gasteiger partial charge >= 0.3 is 0 Å². The van der Waals surface area contributed by atoms with Crippen LogP contribution in [0.1, 0.15) is 41.8 Å². The lowest BCUT2D eigenvalue weighted by Gasteiger charge is -2.13. The van der Waals surface area contributed by atoms with Crippen molar-refractivity contribution in [2.24, 2.45) is 5.92 Å². The fraction of sp³-hybridized carbons (Fsp3) is 0.350. The van der Waals surface area contributed by atoms with Gasteiger partial charge in [0.2, 0.25) is 0 Å². The van der Waals surface area contributed by atoms with Gasteiger partial charge < -0.3 is 10.1 Å². The van der Waals surface area contributed by atoms with Gasteiger partial charge in [0.1, 0.15) is 5.75 Å². The van der Waals surface area contributed by atoms with E-state index in [0.717, 1.165) is 23.2 Å². The maximum atomic E-state index is 12.6. The number of aryl methyl sites for hydroxylation is 2. The summed E-state index contributed by atoms with van der Waals surface area (Å²) in [6.07, 6.45) is 0.965. The van der Waals surface area contributed by atoms with Gasteiger partial charge in [0.05, 0.1) is 12.2 Å². The molecule has 3 heteroatoms. The molecule has 0 unspecified atom stereocenters. The number of carbonyl (C=O) groups is 1. The Bertz CT molecular complexity index is 657. The van der Waals surface area contributed by atoms with Crippen molar-refractivity contribution < 1.29 is 9.53 Å². The van der Waals surface area contributed by atoms with Gasteiger partial charge in [-0.25, -0.2) is 0 Å². The van der Waals surface area contributed by atoms with E-state index in [-0.39, 0.29) is 5.91 Å². The molecular weight excluding hydrogens is 286 g/mol. The van der Waals surface area contributed by atoms with Gasteiger partial charge in [-0.2, -0.15) is 0 Å². The van der Waals surface area contributed by atoms with Crippen LogP contribution in [0.25, 0.3) is 0 Å². The summed E-state index contributed by atoms with van der Waals surface area (Å²) >= 11 is 0. The van der Waals surface area contributed by atoms with E-state index in [9.17, 15) is 4.79 Å². The zero-order chi connectivity index (χ0) is 16.8. The summed E-state index contributed by atoms with van der Waals surface area (Å²) in [6.45, 7) is 8.97. The van der Waals surface area contributed by atoms with Crippen LogP contribution in [-0.2, 0) is 0 Å². The lowest BCUT2D eigenvalue weighted by Crippen LogP contribution is -2.14. The average Bonchev–Trinajstić information content (AvgIpc) is 2.46. The van der Waals surface area contributed by atoms with E-state index >= 15 is 0 Å². The van der Waals surface area contributed by atoms with Crippen molar-refractivity contribution in [1.29, 1.82) is 0 Å². The van der Waals surface area contributed by atoms with Crippen LogP contribution in [0.4, 0.5) is 5.69 Å². The highest BCUT2D eigenvalue weighted by molar-refractivity contribution is 6.06. The Hall–Kier alpha value is -2.29. The second kappa shape index (κ2) is 7.82. The van der Waals surface area contributed by atoms with Gasteiger partial charge in [-0.3, -0.25) is 4.79 Å². The minimum atomic E-state index is -0.143. The first kappa shape index (κ1) is 17.1. The topological polar surface area (TPSA) is 38.3 Å². The molecule has 0 spiro atoms. The van der Waals surface area contributed by atoms with E-state index in [1.165, 1.54) is 0 Å². The minimum absolute atomic E-state index is 0.143. The molecule has 2 aromatic rings.